The fourth-order valence-electron chi connectivity index (χ4n) is 4.79. The van der Waals surface area contributed by atoms with Crippen molar-refractivity contribution in [2.45, 2.75) is 75.6 Å². The summed E-state index contributed by atoms with van der Waals surface area (Å²) in [5.41, 5.74) is -0.377. The van der Waals surface area contributed by atoms with E-state index in [0.29, 0.717) is 18.6 Å². The van der Waals surface area contributed by atoms with Gasteiger partial charge in [0.1, 0.15) is 23.8 Å². The van der Waals surface area contributed by atoms with E-state index in [0.717, 1.165) is 12.8 Å². The first-order valence-electron chi connectivity index (χ1n) is 13.0. The van der Waals surface area contributed by atoms with Crippen molar-refractivity contribution in [1.29, 1.82) is 0 Å². The van der Waals surface area contributed by atoms with Gasteiger partial charge in [0.25, 0.3) is 11.8 Å². The van der Waals surface area contributed by atoms with Crippen LogP contribution < -0.4 is 10.6 Å². The van der Waals surface area contributed by atoms with Crippen molar-refractivity contribution in [3.8, 4) is 12.3 Å². The molecule has 1 amide bonds. The van der Waals surface area contributed by atoms with Gasteiger partial charge in [-0.1, -0.05) is 24.1 Å². The van der Waals surface area contributed by atoms with Gasteiger partial charge < -0.3 is 24.8 Å². The number of anilines is 1. The number of nitrogens with one attached hydrogen (secondary N) is 2. The first-order chi connectivity index (χ1) is 18.6. The normalized spacial score (nSPS) is 22.2. The monoisotopic (exact) mass is 544 g/mol. The van der Waals surface area contributed by atoms with Crippen LogP contribution >= 0.6 is 0 Å². The molecule has 0 radical (unpaired) electrons. The van der Waals surface area contributed by atoms with E-state index in [2.05, 4.69) is 26.5 Å². The number of ether oxygens (including phenoxy) is 3. The van der Waals surface area contributed by atoms with E-state index in [4.69, 9.17) is 20.6 Å². The Morgan fingerprint density at radius 2 is 1.95 bits per heavy atom. The first kappa shape index (κ1) is 27.4. The number of aryl methyl sites for hydroxylation is 1. The molecule has 3 aliphatic rings. The highest BCUT2D eigenvalue weighted by Gasteiger charge is 2.44. The van der Waals surface area contributed by atoms with Crippen LogP contribution in [0.2, 0.25) is 0 Å². The van der Waals surface area contributed by atoms with E-state index in [1.165, 1.54) is 18.2 Å². The molecule has 3 heterocycles. The lowest BCUT2D eigenvalue weighted by Gasteiger charge is -2.25. The molecule has 2 aliphatic heterocycles. The lowest BCUT2D eigenvalue weighted by atomic mass is 9.96. The third kappa shape index (κ3) is 5.73. The summed E-state index contributed by atoms with van der Waals surface area (Å²) < 4.78 is 62.5. The van der Waals surface area contributed by atoms with Gasteiger partial charge in [-0.2, -0.15) is 8.78 Å². The summed E-state index contributed by atoms with van der Waals surface area (Å²) in [6.45, 7) is 4.18. The van der Waals surface area contributed by atoms with Gasteiger partial charge in [-0.25, -0.2) is 14.4 Å². The summed E-state index contributed by atoms with van der Waals surface area (Å²) in [4.78, 5) is 21.4. The Morgan fingerprint density at radius 3 is 2.59 bits per heavy atom. The van der Waals surface area contributed by atoms with Gasteiger partial charge in [0.15, 0.2) is 6.29 Å². The summed E-state index contributed by atoms with van der Waals surface area (Å²) in [7, 11) is 0. The minimum absolute atomic E-state index is 0.0942. The molecule has 2 saturated heterocycles. The van der Waals surface area contributed by atoms with Gasteiger partial charge in [-0.15, -0.1) is 6.42 Å². The Kier molecular flexibility index (Phi) is 7.55. The maximum Gasteiger partial charge on any atom is 0.298 e. The van der Waals surface area contributed by atoms with Crippen molar-refractivity contribution in [2.75, 3.05) is 25.1 Å². The average Bonchev–Trinajstić information content (AvgIpc) is 3.33. The van der Waals surface area contributed by atoms with Gasteiger partial charge in [-0.05, 0) is 51.2 Å². The van der Waals surface area contributed by atoms with Crippen LogP contribution in [0.15, 0.2) is 24.3 Å². The molecule has 3 unspecified atom stereocenters. The quantitative estimate of drug-likeness (QED) is 0.447. The topological polar surface area (TPSA) is 94.6 Å². The summed E-state index contributed by atoms with van der Waals surface area (Å²) in [6, 6.07) is 4.86. The third-order valence-corrected chi connectivity index (χ3v) is 7.23. The van der Waals surface area contributed by atoms with Crippen molar-refractivity contribution in [2.24, 2.45) is 0 Å². The second-order valence-electron chi connectivity index (χ2n) is 10.4. The molecule has 1 aliphatic carbocycles. The van der Waals surface area contributed by atoms with Crippen molar-refractivity contribution >= 4 is 11.7 Å². The summed E-state index contributed by atoms with van der Waals surface area (Å²) >= 11 is 0. The fraction of sp³-hybridized carbons (Fsp3) is 0.536. The molecule has 1 aromatic heterocycles. The van der Waals surface area contributed by atoms with Crippen LogP contribution in [0.4, 0.5) is 19.0 Å². The molecule has 2 aromatic rings. The van der Waals surface area contributed by atoms with Crippen LogP contribution in [0.5, 0.6) is 0 Å². The molecule has 0 bridgehead atoms. The van der Waals surface area contributed by atoms with Crippen LogP contribution in [-0.2, 0) is 24.9 Å². The second-order valence-corrected chi connectivity index (χ2v) is 10.4. The molecule has 1 saturated carbocycles. The predicted molar refractivity (Wildman–Crippen MR) is 136 cm³/mol. The Hall–Kier alpha value is -3.20. The minimum atomic E-state index is -3.20. The van der Waals surface area contributed by atoms with Crippen LogP contribution in [0.25, 0.3) is 0 Å². The summed E-state index contributed by atoms with van der Waals surface area (Å²) in [6.07, 6.45) is 3.82. The molecule has 0 spiro atoms. The van der Waals surface area contributed by atoms with E-state index in [1.54, 1.807) is 13.0 Å². The summed E-state index contributed by atoms with van der Waals surface area (Å²) in [5.74, 6) is -1.19. The van der Waals surface area contributed by atoms with Crippen molar-refractivity contribution in [1.82, 2.24) is 15.3 Å². The van der Waals surface area contributed by atoms with Crippen molar-refractivity contribution < 1.29 is 32.2 Å². The highest BCUT2D eigenvalue weighted by Crippen LogP contribution is 2.41. The van der Waals surface area contributed by atoms with Gasteiger partial charge in [-0.3, -0.25) is 4.79 Å². The number of carbonyl (C=O) groups is 1. The first-order valence-corrected chi connectivity index (χ1v) is 13.0. The zero-order valence-corrected chi connectivity index (χ0v) is 21.8. The molecular weight excluding hydrogens is 513 g/mol. The van der Waals surface area contributed by atoms with Crippen LogP contribution in [0.3, 0.4) is 0 Å². The minimum Gasteiger partial charge on any atom is -0.372 e. The van der Waals surface area contributed by atoms with E-state index in [9.17, 15) is 4.79 Å². The molecule has 3 fully saturated rings. The molecule has 1 aromatic carbocycles. The number of nitrogens with zero attached hydrogens (tertiary/aromatic N) is 2. The van der Waals surface area contributed by atoms with Gasteiger partial charge in [0.05, 0.1) is 24.5 Å². The average molecular weight is 545 g/mol. The number of aromatic nitrogens is 2. The number of halogens is 3. The number of terminal acetylenes is 1. The SMILES string of the molecule is C#CC(Nc1nc(C)nc(C(F)C(=O)NC2(C)CC2)c1C1OCCO1)c1cccc(C(F)(F)C2CCCO2)c1. The number of carbonyl (C=O) groups excluding carboxylic acids is 1. The van der Waals surface area contributed by atoms with Crippen LogP contribution in [0, 0.1) is 19.3 Å². The van der Waals surface area contributed by atoms with E-state index >= 15 is 13.2 Å². The molecule has 39 heavy (non-hydrogen) atoms. The highest BCUT2D eigenvalue weighted by molar-refractivity contribution is 5.83. The van der Waals surface area contributed by atoms with E-state index in [1.807, 2.05) is 6.92 Å². The Morgan fingerprint density at radius 1 is 1.21 bits per heavy atom. The van der Waals surface area contributed by atoms with Crippen LogP contribution in [0.1, 0.15) is 79.3 Å². The molecule has 2 N–H and O–H groups in total. The Labute approximate surface area is 225 Å². The fourth-order valence-corrected chi connectivity index (χ4v) is 4.79. The lowest BCUT2D eigenvalue weighted by Crippen LogP contribution is -2.37. The van der Waals surface area contributed by atoms with Crippen LogP contribution in [-0.4, -0.2) is 47.3 Å². The van der Waals surface area contributed by atoms with Gasteiger partial charge in [0, 0.05) is 17.7 Å². The number of alkyl halides is 3. The number of hydrogen-bond donors (Lipinski definition) is 2. The molecule has 5 rings (SSSR count). The molecule has 8 nitrogen and oxygen atoms in total. The van der Waals surface area contributed by atoms with Gasteiger partial charge in [0.2, 0.25) is 6.17 Å². The van der Waals surface area contributed by atoms with E-state index in [-0.39, 0.29) is 48.1 Å². The maximum absolute atomic E-state index is 15.7. The number of benzene rings is 1. The second kappa shape index (κ2) is 10.8. The van der Waals surface area contributed by atoms with Crippen molar-refractivity contribution in [3.05, 3.63) is 52.5 Å². The number of rotatable bonds is 9. The zero-order valence-electron chi connectivity index (χ0n) is 21.8. The van der Waals surface area contributed by atoms with Crippen molar-refractivity contribution in [3.63, 3.8) is 0 Å². The van der Waals surface area contributed by atoms with Gasteiger partial charge >= 0.3 is 0 Å². The highest BCUT2D eigenvalue weighted by atomic mass is 19.3. The zero-order chi connectivity index (χ0) is 27.8. The Bertz CT molecular complexity index is 1270. The predicted octanol–water partition coefficient (Wildman–Crippen LogP) is 4.57. The molecule has 11 heteroatoms. The van der Waals surface area contributed by atoms with E-state index < -0.39 is 42.0 Å². The smallest absolute Gasteiger partial charge is 0.298 e. The largest absolute Gasteiger partial charge is 0.372 e. The lowest BCUT2D eigenvalue weighted by molar-refractivity contribution is -0.127. The third-order valence-electron chi connectivity index (χ3n) is 7.23. The summed E-state index contributed by atoms with van der Waals surface area (Å²) in [5, 5.41) is 5.77. The molecule has 208 valence electrons. The number of hydrogen-bond acceptors (Lipinski definition) is 7. The Balaban J connectivity index is 1.48. The molecular formula is C28H31F3N4O4. The molecule has 3 atom stereocenters. The standard InChI is InChI=1S/C28H31F3N4O4/c1-4-19(17-7-5-8-18(15-17)28(30,31)20-9-6-12-37-20)34-24-21(26-38-13-14-39-26)23(32-16(2)33-24)22(29)25(36)35-27(3)10-11-27/h1,5,7-8,15,19-20,22,26H,6,9-14H2,2-3H3,(H,35,36)(H,32,33,34). The number of amides is 1. The maximum atomic E-state index is 15.7.